The van der Waals surface area contributed by atoms with Crippen LogP contribution in [0.1, 0.15) is 20.8 Å². The highest BCUT2D eigenvalue weighted by atomic mass is 16.6. The molecule has 0 aliphatic heterocycles. The van der Waals surface area contributed by atoms with Crippen LogP contribution in [-0.2, 0) is 19.1 Å². The van der Waals surface area contributed by atoms with Gasteiger partial charge in [0, 0.05) is 0 Å². The van der Waals surface area contributed by atoms with Gasteiger partial charge in [-0.1, -0.05) is 0 Å². The van der Waals surface area contributed by atoms with E-state index in [4.69, 9.17) is 5.11 Å². The smallest absolute Gasteiger partial charge is 0.347 e. The molecule has 1 N–H and O–H groups in total. The Morgan fingerprint density at radius 1 is 1.31 bits per heavy atom. The number of esters is 2. The summed E-state index contributed by atoms with van der Waals surface area (Å²) in [5.74, 6) is -1.45. The van der Waals surface area contributed by atoms with E-state index in [9.17, 15) is 9.59 Å². The molecule has 0 aromatic carbocycles. The van der Waals surface area contributed by atoms with Crippen molar-refractivity contribution < 1.29 is 24.2 Å². The normalized spacial score (nSPS) is 14.5. The minimum atomic E-state index is -1.23. The summed E-state index contributed by atoms with van der Waals surface area (Å²) in [7, 11) is 0. The molecule has 0 saturated heterocycles. The van der Waals surface area contributed by atoms with E-state index in [-0.39, 0.29) is 6.61 Å². The molecule has 0 aliphatic rings. The molecular weight excluding hydrogens is 176 g/mol. The molecule has 0 aromatic heterocycles. The van der Waals surface area contributed by atoms with E-state index in [2.05, 4.69) is 9.47 Å². The van der Waals surface area contributed by atoms with Gasteiger partial charge in [-0.05, 0) is 20.8 Å². The van der Waals surface area contributed by atoms with Gasteiger partial charge in [0.15, 0.2) is 6.10 Å². The number of carbonyl (C=O) groups is 2. The van der Waals surface area contributed by atoms with Crippen molar-refractivity contribution >= 4 is 11.9 Å². The van der Waals surface area contributed by atoms with E-state index < -0.39 is 24.1 Å². The number of aliphatic hydroxyl groups excluding tert-OH is 1. The minimum absolute atomic E-state index is 0.232. The Hall–Kier alpha value is -1.10. The average Bonchev–Trinajstić information content (AvgIpc) is 2.04. The number of ether oxygens (including phenoxy) is 2. The summed E-state index contributed by atoms with van der Waals surface area (Å²) in [6.45, 7) is 4.54. The molecular formula is C8H14O5. The van der Waals surface area contributed by atoms with E-state index >= 15 is 0 Å². The standard InChI is InChI=1S/C8H14O5/c1-4-12-8(11)6(3)13-7(10)5(2)9/h5-6,9H,4H2,1-3H3/t5-,6+/m1/s1. The van der Waals surface area contributed by atoms with Crippen LogP contribution >= 0.6 is 0 Å². The predicted molar refractivity (Wildman–Crippen MR) is 43.9 cm³/mol. The highest BCUT2D eigenvalue weighted by Gasteiger charge is 2.20. The van der Waals surface area contributed by atoms with Crippen LogP contribution < -0.4 is 0 Å². The second kappa shape index (κ2) is 5.53. The quantitative estimate of drug-likeness (QED) is 0.625. The third-order valence-electron chi connectivity index (χ3n) is 1.25. The predicted octanol–water partition coefficient (Wildman–Crippen LogP) is -0.138. The fourth-order valence-electron chi connectivity index (χ4n) is 0.580. The summed E-state index contributed by atoms with van der Waals surface area (Å²) in [6.07, 6.45) is -2.20. The molecule has 2 atom stereocenters. The maximum atomic E-state index is 10.9. The first-order valence-electron chi connectivity index (χ1n) is 4.04. The molecule has 0 unspecified atom stereocenters. The molecule has 0 aliphatic carbocycles. The van der Waals surface area contributed by atoms with E-state index in [1.807, 2.05) is 0 Å². The first-order valence-corrected chi connectivity index (χ1v) is 4.04. The molecule has 0 aromatic rings. The third-order valence-corrected chi connectivity index (χ3v) is 1.25. The summed E-state index contributed by atoms with van der Waals surface area (Å²) in [5.41, 5.74) is 0. The molecule has 0 heterocycles. The molecule has 0 bridgehead atoms. The van der Waals surface area contributed by atoms with Gasteiger partial charge in [0.2, 0.25) is 0 Å². The Morgan fingerprint density at radius 2 is 1.85 bits per heavy atom. The van der Waals surface area contributed by atoms with Crippen LogP contribution in [0.4, 0.5) is 0 Å². The van der Waals surface area contributed by atoms with E-state index in [0.717, 1.165) is 0 Å². The van der Waals surface area contributed by atoms with Crippen molar-refractivity contribution in [3.63, 3.8) is 0 Å². The summed E-state index contributed by atoms with van der Waals surface area (Å²) >= 11 is 0. The Morgan fingerprint density at radius 3 is 2.23 bits per heavy atom. The SMILES string of the molecule is CCOC(=O)[C@H](C)OC(=O)[C@@H](C)O. The number of hydrogen-bond acceptors (Lipinski definition) is 5. The maximum Gasteiger partial charge on any atom is 0.347 e. The molecule has 13 heavy (non-hydrogen) atoms. The molecule has 0 fully saturated rings. The Balaban J connectivity index is 3.92. The van der Waals surface area contributed by atoms with Gasteiger partial charge in [0.25, 0.3) is 0 Å². The molecule has 0 rings (SSSR count). The highest BCUT2D eigenvalue weighted by Crippen LogP contribution is 1.97. The molecule has 0 amide bonds. The first kappa shape index (κ1) is 11.9. The lowest BCUT2D eigenvalue weighted by atomic mass is 10.4. The lowest BCUT2D eigenvalue weighted by Crippen LogP contribution is -2.30. The zero-order valence-corrected chi connectivity index (χ0v) is 7.94. The molecule has 0 saturated carbocycles. The van der Waals surface area contributed by atoms with Gasteiger partial charge in [-0.2, -0.15) is 0 Å². The summed E-state index contributed by atoms with van der Waals surface area (Å²) in [4.78, 5) is 21.7. The number of aliphatic hydroxyl groups is 1. The molecule has 5 nitrogen and oxygen atoms in total. The van der Waals surface area contributed by atoms with Gasteiger partial charge in [0.1, 0.15) is 6.10 Å². The summed E-state index contributed by atoms with van der Waals surface area (Å²) in [5, 5.41) is 8.75. The zero-order valence-electron chi connectivity index (χ0n) is 7.94. The van der Waals surface area contributed by atoms with Gasteiger partial charge in [-0.25, -0.2) is 9.59 Å². The molecule has 5 heteroatoms. The van der Waals surface area contributed by atoms with Crippen molar-refractivity contribution in [2.75, 3.05) is 6.61 Å². The summed E-state index contributed by atoms with van der Waals surface area (Å²) < 4.78 is 9.15. The topological polar surface area (TPSA) is 72.8 Å². The van der Waals surface area contributed by atoms with Gasteiger partial charge in [-0.15, -0.1) is 0 Å². The van der Waals surface area contributed by atoms with Gasteiger partial charge in [0.05, 0.1) is 6.61 Å². The van der Waals surface area contributed by atoms with Crippen LogP contribution in [-0.4, -0.2) is 35.9 Å². The Kier molecular flexibility index (Phi) is 5.06. The Labute approximate surface area is 76.6 Å². The number of hydrogen-bond donors (Lipinski definition) is 1. The number of carbonyl (C=O) groups excluding carboxylic acids is 2. The van der Waals surface area contributed by atoms with Crippen molar-refractivity contribution in [1.82, 2.24) is 0 Å². The second-order valence-electron chi connectivity index (χ2n) is 2.51. The van der Waals surface area contributed by atoms with Crippen LogP contribution in [0, 0.1) is 0 Å². The van der Waals surface area contributed by atoms with Crippen LogP contribution in [0.2, 0.25) is 0 Å². The van der Waals surface area contributed by atoms with Crippen LogP contribution in [0.5, 0.6) is 0 Å². The molecule has 0 radical (unpaired) electrons. The largest absolute Gasteiger partial charge is 0.463 e. The fourth-order valence-corrected chi connectivity index (χ4v) is 0.580. The third kappa shape index (κ3) is 4.47. The van der Waals surface area contributed by atoms with Crippen molar-refractivity contribution in [2.24, 2.45) is 0 Å². The van der Waals surface area contributed by atoms with Crippen LogP contribution in [0.25, 0.3) is 0 Å². The van der Waals surface area contributed by atoms with Gasteiger partial charge >= 0.3 is 11.9 Å². The van der Waals surface area contributed by atoms with Crippen LogP contribution in [0.15, 0.2) is 0 Å². The van der Waals surface area contributed by atoms with Gasteiger partial charge < -0.3 is 14.6 Å². The highest BCUT2D eigenvalue weighted by molar-refractivity contribution is 5.80. The second-order valence-corrected chi connectivity index (χ2v) is 2.51. The molecule has 76 valence electrons. The van der Waals surface area contributed by atoms with E-state index in [1.54, 1.807) is 6.92 Å². The maximum absolute atomic E-state index is 10.9. The lowest BCUT2D eigenvalue weighted by Gasteiger charge is -2.12. The van der Waals surface area contributed by atoms with Crippen molar-refractivity contribution in [2.45, 2.75) is 33.0 Å². The first-order chi connectivity index (χ1) is 5.99. The monoisotopic (exact) mass is 190 g/mol. The van der Waals surface area contributed by atoms with Gasteiger partial charge in [-0.3, -0.25) is 0 Å². The zero-order chi connectivity index (χ0) is 10.4. The Bertz CT molecular complexity index is 187. The average molecular weight is 190 g/mol. The van der Waals surface area contributed by atoms with Crippen molar-refractivity contribution in [3.05, 3.63) is 0 Å². The lowest BCUT2D eigenvalue weighted by molar-refractivity contribution is -0.171. The van der Waals surface area contributed by atoms with E-state index in [0.29, 0.717) is 0 Å². The number of rotatable bonds is 4. The van der Waals surface area contributed by atoms with Crippen LogP contribution in [0.3, 0.4) is 0 Å². The van der Waals surface area contributed by atoms with E-state index in [1.165, 1.54) is 13.8 Å². The van der Waals surface area contributed by atoms with Crippen molar-refractivity contribution in [3.8, 4) is 0 Å². The fraction of sp³-hybridized carbons (Fsp3) is 0.750. The summed E-state index contributed by atoms with van der Waals surface area (Å²) in [6, 6.07) is 0. The molecule has 0 spiro atoms. The minimum Gasteiger partial charge on any atom is -0.463 e. The van der Waals surface area contributed by atoms with Crippen molar-refractivity contribution in [1.29, 1.82) is 0 Å².